The van der Waals surface area contributed by atoms with Crippen molar-refractivity contribution in [3.8, 4) is 0 Å². The number of aromatic nitrogens is 2. The number of hydrogen-bond acceptors (Lipinski definition) is 6. The highest BCUT2D eigenvalue weighted by atomic mass is 16.5. The lowest BCUT2D eigenvalue weighted by molar-refractivity contribution is -0.157. The van der Waals surface area contributed by atoms with E-state index in [9.17, 15) is 9.90 Å². The summed E-state index contributed by atoms with van der Waals surface area (Å²) in [6.07, 6.45) is -0.974. The van der Waals surface area contributed by atoms with Gasteiger partial charge in [-0.1, -0.05) is 27.7 Å². The van der Waals surface area contributed by atoms with Crippen LogP contribution in [0.15, 0.2) is 4.42 Å². The summed E-state index contributed by atoms with van der Waals surface area (Å²) in [6, 6.07) is 0. The Bertz CT molecular complexity index is 480. The van der Waals surface area contributed by atoms with Gasteiger partial charge in [0, 0.05) is 19.0 Å². The molecule has 21 heavy (non-hydrogen) atoms. The molecule has 1 amide bonds. The Morgan fingerprint density at radius 1 is 1.38 bits per heavy atom. The first-order valence-electron chi connectivity index (χ1n) is 7.29. The third kappa shape index (κ3) is 3.79. The zero-order chi connectivity index (χ0) is 15.6. The second-order valence-corrected chi connectivity index (χ2v) is 6.05. The summed E-state index contributed by atoms with van der Waals surface area (Å²) in [6.45, 7) is 8.83. The van der Waals surface area contributed by atoms with E-state index in [4.69, 9.17) is 9.15 Å². The highest BCUT2D eigenvalue weighted by molar-refractivity contribution is 5.81. The number of hydrogen-bond donors (Lipinski definition) is 1. The van der Waals surface area contributed by atoms with E-state index in [-0.39, 0.29) is 30.5 Å². The van der Waals surface area contributed by atoms with Crippen molar-refractivity contribution in [2.24, 2.45) is 5.92 Å². The van der Waals surface area contributed by atoms with E-state index in [1.54, 1.807) is 4.90 Å². The molecule has 7 nitrogen and oxygen atoms in total. The summed E-state index contributed by atoms with van der Waals surface area (Å²) in [5, 5.41) is 17.6. The maximum atomic E-state index is 11.8. The van der Waals surface area contributed by atoms with Crippen LogP contribution in [0.25, 0.3) is 0 Å². The minimum atomic E-state index is -0.935. The van der Waals surface area contributed by atoms with E-state index in [1.165, 1.54) is 0 Å². The maximum absolute atomic E-state index is 11.8. The van der Waals surface area contributed by atoms with Crippen molar-refractivity contribution in [2.75, 3.05) is 13.1 Å². The Balaban J connectivity index is 1.72. The fourth-order valence-corrected chi connectivity index (χ4v) is 1.94. The molecule has 2 rings (SSSR count). The Kier molecular flexibility index (Phi) is 4.95. The molecule has 0 unspecified atom stereocenters. The van der Waals surface area contributed by atoms with Crippen molar-refractivity contribution in [3.05, 3.63) is 11.8 Å². The first-order valence-corrected chi connectivity index (χ1v) is 7.29. The molecule has 1 aromatic rings. The highest BCUT2D eigenvalue weighted by Gasteiger charge is 2.35. The predicted octanol–water partition coefficient (Wildman–Crippen LogP) is 0.937. The molecule has 1 fully saturated rings. The van der Waals surface area contributed by atoms with Crippen LogP contribution in [0, 0.1) is 5.92 Å². The lowest BCUT2D eigenvalue weighted by atomic mass is 10.0. The molecule has 1 atom stereocenters. The van der Waals surface area contributed by atoms with Gasteiger partial charge in [0.15, 0.2) is 0 Å². The van der Waals surface area contributed by atoms with Gasteiger partial charge in [0.1, 0.15) is 12.7 Å². The van der Waals surface area contributed by atoms with Crippen molar-refractivity contribution in [3.63, 3.8) is 0 Å². The third-order valence-electron chi connectivity index (χ3n) is 3.46. The summed E-state index contributed by atoms with van der Waals surface area (Å²) in [7, 11) is 0. The zero-order valence-corrected chi connectivity index (χ0v) is 12.9. The normalized spacial score (nSPS) is 17.4. The molecule has 0 radical (unpaired) electrons. The van der Waals surface area contributed by atoms with Crippen LogP contribution in [-0.4, -0.2) is 51.4 Å². The molecule has 0 bridgehead atoms. The van der Waals surface area contributed by atoms with Crippen LogP contribution in [0.3, 0.4) is 0 Å². The molecular weight excluding hydrogens is 274 g/mol. The van der Waals surface area contributed by atoms with E-state index in [1.807, 2.05) is 27.7 Å². The monoisotopic (exact) mass is 297 g/mol. The van der Waals surface area contributed by atoms with Gasteiger partial charge in [-0.2, -0.15) is 0 Å². The van der Waals surface area contributed by atoms with E-state index in [0.29, 0.717) is 24.9 Å². The first-order chi connectivity index (χ1) is 9.88. The van der Waals surface area contributed by atoms with Crippen LogP contribution in [0.1, 0.15) is 45.4 Å². The number of ether oxygens (including phenoxy) is 1. The van der Waals surface area contributed by atoms with Crippen molar-refractivity contribution in [2.45, 2.75) is 52.4 Å². The summed E-state index contributed by atoms with van der Waals surface area (Å²) >= 11 is 0. The minimum absolute atomic E-state index is 0.0392. The van der Waals surface area contributed by atoms with Crippen LogP contribution in [0.5, 0.6) is 0 Å². The molecule has 1 saturated heterocycles. The van der Waals surface area contributed by atoms with Crippen LogP contribution in [0.2, 0.25) is 0 Å². The molecule has 118 valence electrons. The quantitative estimate of drug-likeness (QED) is 0.840. The number of amides is 1. The largest absolute Gasteiger partial charge is 0.422 e. The van der Waals surface area contributed by atoms with E-state index >= 15 is 0 Å². The molecule has 0 aliphatic carbocycles. The lowest BCUT2D eigenvalue weighted by Crippen LogP contribution is -2.58. The van der Waals surface area contributed by atoms with Gasteiger partial charge in [-0.05, 0) is 5.92 Å². The van der Waals surface area contributed by atoms with E-state index < -0.39 is 6.10 Å². The Morgan fingerprint density at radius 3 is 2.57 bits per heavy atom. The van der Waals surface area contributed by atoms with Gasteiger partial charge in [-0.3, -0.25) is 4.79 Å². The van der Waals surface area contributed by atoms with E-state index in [2.05, 4.69) is 10.2 Å². The fourth-order valence-electron chi connectivity index (χ4n) is 1.94. The lowest BCUT2D eigenvalue weighted by Gasteiger charge is -2.40. The smallest absolute Gasteiger partial charge is 0.251 e. The van der Waals surface area contributed by atoms with Crippen molar-refractivity contribution in [1.82, 2.24) is 15.1 Å². The van der Waals surface area contributed by atoms with Gasteiger partial charge in [0.2, 0.25) is 11.8 Å². The van der Waals surface area contributed by atoms with Crippen LogP contribution < -0.4 is 0 Å². The SMILES string of the molecule is CC(C)c1nnc(COC2CN(C(=O)[C@H](O)C(C)C)C2)o1. The minimum Gasteiger partial charge on any atom is -0.422 e. The Morgan fingerprint density at radius 2 is 2.05 bits per heavy atom. The van der Waals surface area contributed by atoms with Gasteiger partial charge in [0.05, 0.1) is 6.10 Å². The number of likely N-dealkylation sites (tertiary alicyclic amines) is 1. The van der Waals surface area contributed by atoms with Crippen molar-refractivity contribution >= 4 is 5.91 Å². The Labute approximate surface area is 124 Å². The van der Waals surface area contributed by atoms with Gasteiger partial charge in [-0.15, -0.1) is 10.2 Å². The molecule has 0 aromatic carbocycles. The summed E-state index contributed by atoms with van der Waals surface area (Å²) in [4.78, 5) is 13.4. The molecule has 1 aromatic heterocycles. The second-order valence-electron chi connectivity index (χ2n) is 6.05. The molecule has 1 N–H and O–H groups in total. The highest BCUT2D eigenvalue weighted by Crippen LogP contribution is 2.18. The van der Waals surface area contributed by atoms with Crippen LogP contribution in [-0.2, 0) is 16.1 Å². The number of carbonyl (C=O) groups is 1. The van der Waals surface area contributed by atoms with Crippen molar-refractivity contribution < 1.29 is 19.1 Å². The number of rotatable bonds is 6. The summed E-state index contributed by atoms with van der Waals surface area (Å²) in [5.41, 5.74) is 0. The number of carbonyl (C=O) groups excluding carboxylic acids is 1. The Hall–Kier alpha value is -1.47. The molecule has 0 spiro atoms. The summed E-state index contributed by atoms with van der Waals surface area (Å²) < 4.78 is 11.0. The first kappa shape index (κ1) is 15.9. The standard InChI is InChI=1S/C14H23N3O4/c1-8(2)12(18)14(19)17-5-10(6-17)20-7-11-15-16-13(21-11)9(3)4/h8-10,12,18H,5-7H2,1-4H3/t12-/m1/s1. The maximum Gasteiger partial charge on any atom is 0.251 e. The number of aliphatic hydroxyl groups is 1. The van der Waals surface area contributed by atoms with Gasteiger partial charge < -0.3 is 19.2 Å². The van der Waals surface area contributed by atoms with Crippen molar-refractivity contribution in [1.29, 1.82) is 0 Å². The van der Waals surface area contributed by atoms with E-state index in [0.717, 1.165) is 0 Å². The molecule has 2 heterocycles. The average Bonchev–Trinajstić information content (AvgIpc) is 2.84. The number of nitrogens with zero attached hydrogens (tertiary/aromatic N) is 3. The summed E-state index contributed by atoms with van der Waals surface area (Å²) in [5.74, 6) is 0.931. The number of aliphatic hydroxyl groups excluding tert-OH is 1. The average molecular weight is 297 g/mol. The zero-order valence-electron chi connectivity index (χ0n) is 12.9. The van der Waals surface area contributed by atoms with Crippen LogP contribution in [0.4, 0.5) is 0 Å². The molecule has 1 aliphatic rings. The fraction of sp³-hybridized carbons (Fsp3) is 0.786. The molecule has 1 aliphatic heterocycles. The van der Waals surface area contributed by atoms with Gasteiger partial charge in [0.25, 0.3) is 5.91 Å². The molecule has 7 heteroatoms. The molecular formula is C14H23N3O4. The second kappa shape index (κ2) is 6.53. The molecule has 0 saturated carbocycles. The van der Waals surface area contributed by atoms with Gasteiger partial charge >= 0.3 is 0 Å². The predicted molar refractivity (Wildman–Crippen MR) is 74.4 cm³/mol. The van der Waals surface area contributed by atoms with Gasteiger partial charge in [-0.25, -0.2) is 0 Å². The third-order valence-corrected chi connectivity index (χ3v) is 3.46. The van der Waals surface area contributed by atoms with Crippen LogP contribution >= 0.6 is 0 Å². The topological polar surface area (TPSA) is 88.7 Å².